The molecule has 0 fully saturated rings. The highest BCUT2D eigenvalue weighted by molar-refractivity contribution is 6.31. The number of hydrogen-bond donors (Lipinski definition) is 1. The van der Waals surface area contributed by atoms with Gasteiger partial charge >= 0.3 is 0 Å². The van der Waals surface area contributed by atoms with Crippen LogP contribution < -0.4 is 0 Å². The van der Waals surface area contributed by atoms with Crippen molar-refractivity contribution in [2.75, 3.05) is 0 Å². The van der Waals surface area contributed by atoms with E-state index in [-0.39, 0.29) is 0 Å². The molecule has 0 aliphatic rings. The fraction of sp³-hybridized carbons (Fsp3) is 0.455. The highest BCUT2D eigenvalue weighted by Gasteiger charge is 2.21. The number of halogens is 1. The first-order chi connectivity index (χ1) is 8.15. The van der Waals surface area contributed by atoms with Gasteiger partial charge < -0.3 is 9.67 Å². The molecule has 0 aliphatic carbocycles. The Bertz CT molecular complexity index is 505. The van der Waals surface area contributed by atoms with Crippen molar-refractivity contribution in [3.05, 3.63) is 35.1 Å². The lowest BCUT2D eigenvalue weighted by Gasteiger charge is -2.14. The van der Waals surface area contributed by atoms with Crippen LogP contribution in [0.5, 0.6) is 0 Å². The first-order valence-electron chi connectivity index (χ1n) is 5.50. The van der Waals surface area contributed by atoms with E-state index in [1.807, 2.05) is 7.05 Å². The molecule has 0 radical (unpaired) electrons. The van der Waals surface area contributed by atoms with Crippen LogP contribution in [0.25, 0.3) is 0 Å². The van der Waals surface area contributed by atoms with Gasteiger partial charge in [0.25, 0.3) is 0 Å². The molecular formula is C11H15ClN4O. The molecule has 17 heavy (non-hydrogen) atoms. The molecule has 0 saturated carbocycles. The number of aliphatic hydroxyl groups excluding tert-OH is 1. The van der Waals surface area contributed by atoms with Crippen molar-refractivity contribution in [3.63, 3.8) is 0 Å². The number of rotatable bonds is 4. The standard InChI is InChI=1S/C11H15ClN4O/c1-3-4-16-10(8(12)5-14-16)11(17)9-6-13-7-15(9)2/h5-7,11,17H,3-4H2,1-2H3. The summed E-state index contributed by atoms with van der Waals surface area (Å²) in [7, 11) is 1.83. The molecule has 1 unspecified atom stereocenters. The largest absolute Gasteiger partial charge is 0.380 e. The van der Waals surface area contributed by atoms with Crippen LogP contribution in [0.3, 0.4) is 0 Å². The highest BCUT2D eigenvalue weighted by atomic mass is 35.5. The summed E-state index contributed by atoms with van der Waals surface area (Å²) in [6, 6.07) is 0. The molecule has 0 amide bonds. The topological polar surface area (TPSA) is 55.9 Å². The lowest BCUT2D eigenvalue weighted by molar-refractivity contribution is 0.199. The molecule has 0 bridgehead atoms. The van der Waals surface area contributed by atoms with Gasteiger partial charge in [-0.25, -0.2) is 4.98 Å². The summed E-state index contributed by atoms with van der Waals surface area (Å²) in [6.45, 7) is 2.78. The predicted octanol–water partition coefficient (Wildman–Crippen LogP) is 1.76. The van der Waals surface area contributed by atoms with E-state index >= 15 is 0 Å². The van der Waals surface area contributed by atoms with Crippen molar-refractivity contribution in [3.8, 4) is 0 Å². The Labute approximate surface area is 105 Å². The van der Waals surface area contributed by atoms with Gasteiger partial charge in [0.1, 0.15) is 6.10 Å². The normalized spacial score (nSPS) is 12.9. The van der Waals surface area contributed by atoms with Crippen molar-refractivity contribution in [2.45, 2.75) is 26.0 Å². The molecule has 1 atom stereocenters. The van der Waals surface area contributed by atoms with Gasteiger partial charge in [0.05, 0.1) is 35.1 Å². The third-order valence-corrected chi connectivity index (χ3v) is 2.95. The van der Waals surface area contributed by atoms with E-state index in [2.05, 4.69) is 17.0 Å². The van der Waals surface area contributed by atoms with E-state index in [4.69, 9.17) is 11.6 Å². The van der Waals surface area contributed by atoms with Gasteiger partial charge in [-0.05, 0) is 6.42 Å². The van der Waals surface area contributed by atoms with Crippen LogP contribution in [0.15, 0.2) is 18.7 Å². The summed E-state index contributed by atoms with van der Waals surface area (Å²) < 4.78 is 3.50. The summed E-state index contributed by atoms with van der Waals surface area (Å²) in [4.78, 5) is 3.99. The fourth-order valence-electron chi connectivity index (χ4n) is 1.80. The summed E-state index contributed by atoms with van der Waals surface area (Å²) in [5.41, 5.74) is 1.32. The second-order valence-electron chi connectivity index (χ2n) is 3.93. The highest BCUT2D eigenvalue weighted by Crippen LogP contribution is 2.27. The average molecular weight is 255 g/mol. The maximum Gasteiger partial charge on any atom is 0.139 e. The smallest absolute Gasteiger partial charge is 0.139 e. The predicted molar refractivity (Wildman–Crippen MR) is 64.8 cm³/mol. The van der Waals surface area contributed by atoms with E-state index in [9.17, 15) is 5.11 Å². The van der Waals surface area contributed by atoms with Gasteiger partial charge in [-0.3, -0.25) is 4.68 Å². The quantitative estimate of drug-likeness (QED) is 0.905. The number of aryl methyl sites for hydroxylation is 2. The molecule has 2 aromatic heterocycles. The Morgan fingerprint density at radius 3 is 2.82 bits per heavy atom. The van der Waals surface area contributed by atoms with Crippen molar-refractivity contribution >= 4 is 11.6 Å². The van der Waals surface area contributed by atoms with E-state index in [1.165, 1.54) is 0 Å². The molecule has 2 heterocycles. The van der Waals surface area contributed by atoms with Crippen LogP contribution in [0.1, 0.15) is 30.8 Å². The summed E-state index contributed by atoms with van der Waals surface area (Å²) in [5, 5.41) is 15.0. The Morgan fingerprint density at radius 1 is 1.47 bits per heavy atom. The molecular weight excluding hydrogens is 240 g/mol. The van der Waals surface area contributed by atoms with Crippen LogP contribution in [-0.4, -0.2) is 24.4 Å². The Kier molecular flexibility index (Phi) is 3.49. The van der Waals surface area contributed by atoms with E-state index in [1.54, 1.807) is 28.0 Å². The van der Waals surface area contributed by atoms with Gasteiger partial charge in [0.2, 0.25) is 0 Å². The fourth-order valence-corrected chi connectivity index (χ4v) is 2.05. The van der Waals surface area contributed by atoms with Crippen LogP contribution in [-0.2, 0) is 13.6 Å². The number of aromatic nitrogens is 4. The van der Waals surface area contributed by atoms with Gasteiger partial charge in [0, 0.05) is 13.6 Å². The number of nitrogens with zero attached hydrogens (tertiary/aromatic N) is 4. The Morgan fingerprint density at radius 2 is 2.24 bits per heavy atom. The SMILES string of the molecule is CCCn1ncc(Cl)c1C(O)c1cncn1C. The average Bonchev–Trinajstić information content (AvgIpc) is 2.86. The third kappa shape index (κ3) is 2.21. The molecule has 0 saturated heterocycles. The van der Waals surface area contributed by atoms with E-state index in [0.29, 0.717) is 16.4 Å². The zero-order valence-electron chi connectivity index (χ0n) is 9.84. The lowest BCUT2D eigenvalue weighted by Crippen LogP contribution is -2.12. The number of imidazole rings is 1. The second-order valence-corrected chi connectivity index (χ2v) is 4.34. The van der Waals surface area contributed by atoms with Gasteiger partial charge in [-0.1, -0.05) is 18.5 Å². The minimum absolute atomic E-state index is 0.479. The minimum atomic E-state index is -0.802. The zero-order valence-corrected chi connectivity index (χ0v) is 10.6. The molecule has 0 aromatic carbocycles. The third-order valence-electron chi connectivity index (χ3n) is 2.66. The minimum Gasteiger partial charge on any atom is -0.380 e. The molecule has 0 spiro atoms. The van der Waals surface area contributed by atoms with Gasteiger partial charge in [-0.2, -0.15) is 5.10 Å². The second kappa shape index (κ2) is 4.89. The molecule has 2 aromatic rings. The molecule has 6 heteroatoms. The number of hydrogen-bond acceptors (Lipinski definition) is 3. The first-order valence-corrected chi connectivity index (χ1v) is 5.88. The van der Waals surface area contributed by atoms with Crippen LogP contribution in [0, 0.1) is 0 Å². The van der Waals surface area contributed by atoms with Crippen LogP contribution >= 0.6 is 11.6 Å². The molecule has 1 N–H and O–H groups in total. The van der Waals surface area contributed by atoms with Gasteiger partial charge in [0.15, 0.2) is 0 Å². The van der Waals surface area contributed by atoms with Crippen molar-refractivity contribution in [1.82, 2.24) is 19.3 Å². The summed E-state index contributed by atoms with van der Waals surface area (Å²) in [5.74, 6) is 0. The summed E-state index contributed by atoms with van der Waals surface area (Å²) >= 11 is 6.07. The zero-order chi connectivity index (χ0) is 12.4. The van der Waals surface area contributed by atoms with Crippen molar-refractivity contribution < 1.29 is 5.11 Å². The van der Waals surface area contributed by atoms with E-state index in [0.717, 1.165) is 13.0 Å². The monoisotopic (exact) mass is 254 g/mol. The molecule has 0 aliphatic heterocycles. The number of aliphatic hydroxyl groups is 1. The van der Waals surface area contributed by atoms with Crippen molar-refractivity contribution in [2.24, 2.45) is 7.05 Å². The Balaban J connectivity index is 2.39. The Hall–Kier alpha value is -1.33. The van der Waals surface area contributed by atoms with Crippen LogP contribution in [0.4, 0.5) is 0 Å². The first kappa shape index (κ1) is 12.1. The maximum atomic E-state index is 10.3. The van der Waals surface area contributed by atoms with E-state index < -0.39 is 6.10 Å². The maximum absolute atomic E-state index is 10.3. The van der Waals surface area contributed by atoms with Crippen LogP contribution in [0.2, 0.25) is 5.02 Å². The molecule has 2 rings (SSSR count). The summed E-state index contributed by atoms with van der Waals surface area (Å²) in [6.07, 6.45) is 4.97. The van der Waals surface area contributed by atoms with Crippen molar-refractivity contribution in [1.29, 1.82) is 0 Å². The molecule has 5 nitrogen and oxygen atoms in total. The molecule has 92 valence electrons. The van der Waals surface area contributed by atoms with Gasteiger partial charge in [-0.15, -0.1) is 0 Å². The lowest BCUT2D eigenvalue weighted by atomic mass is 10.2.